The second-order valence-electron chi connectivity index (χ2n) is 5.14. The minimum Gasteiger partial charge on any atom is -0.447 e. The number of nitrogens with zero attached hydrogens (tertiary/aromatic N) is 3. The predicted molar refractivity (Wildman–Crippen MR) is 87.5 cm³/mol. The van der Waals surface area contributed by atoms with Crippen LogP contribution in [0.25, 0.3) is 0 Å². The quantitative estimate of drug-likeness (QED) is 0.544. The molecule has 0 aromatic heterocycles. The van der Waals surface area contributed by atoms with Crippen molar-refractivity contribution < 1.29 is 22.7 Å². The van der Waals surface area contributed by atoms with Gasteiger partial charge in [0.1, 0.15) is 6.07 Å². The van der Waals surface area contributed by atoms with Gasteiger partial charge in [-0.1, -0.05) is 18.2 Å². The molecule has 1 amide bonds. The molecule has 1 aromatic carbocycles. The minimum atomic E-state index is -3.57. The van der Waals surface area contributed by atoms with Gasteiger partial charge in [0.2, 0.25) is 15.9 Å². The summed E-state index contributed by atoms with van der Waals surface area (Å²) < 4.78 is 30.8. The van der Waals surface area contributed by atoms with Gasteiger partial charge in [-0.15, -0.1) is 0 Å². The zero-order valence-corrected chi connectivity index (χ0v) is 14.2. The van der Waals surface area contributed by atoms with E-state index in [4.69, 9.17) is 5.26 Å². The molecule has 1 aliphatic heterocycles. The van der Waals surface area contributed by atoms with Gasteiger partial charge < -0.3 is 9.64 Å². The SMILES string of the molecule is N#CCOC(=O)/C=C/C(=O)N1CCN(S(=O)(=O)c2ccccc2)CC1. The van der Waals surface area contributed by atoms with E-state index in [0.717, 1.165) is 12.2 Å². The van der Waals surface area contributed by atoms with E-state index in [1.165, 1.54) is 21.3 Å². The molecular formula is C16H17N3O5S. The molecule has 8 nitrogen and oxygen atoms in total. The number of carbonyl (C=O) groups excluding carboxylic acids is 2. The standard InChI is InChI=1S/C16H17N3O5S/c17-8-13-24-16(21)7-6-15(20)18-9-11-19(12-10-18)25(22,23)14-4-2-1-3-5-14/h1-7H,9-13H2/b7-6+. The van der Waals surface area contributed by atoms with Crippen molar-refractivity contribution in [3.63, 3.8) is 0 Å². The van der Waals surface area contributed by atoms with Crippen molar-refractivity contribution in [3.8, 4) is 6.07 Å². The van der Waals surface area contributed by atoms with Crippen LogP contribution in [-0.4, -0.2) is 62.3 Å². The third-order valence-corrected chi connectivity index (χ3v) is 5.49. The lowest BCUT2D eigenvalue weighted by molar-refractivity contribution is -0.137. The number of piperazine rings is 1. The summed E-state index contributed by atoms with van der Waals surface area (Å²) in [5.41, 5.74) is 0. The lowest BCUT2D eigenvalue weighted by Gasteiger charge is -2.33. The first-order valence-corrected chi connectivity index (χ1v) is 8.95. The Kier molecular flexibility index (Phi) is 6.27. The molecule has 0 spiro atoms. The van der Waals surface area contributed by atoms with Gasteiger partial charge in [0.15, 0.2) is 6.61 Å². The monoisotopic (exact) mass is 363 g/mol. The first-order chi connectivity index (χ1) is 11.9. The number of hydrogen-bond donors (Lipinski definition) is 0. The number of carbonyl (C=O) groups is 2. The molecular weight excluding hydrogens is 346 g/mol. The first kappa shape index (κ1) is 18.6. The highest BCUT2D eigenvalue weighted by Crippen LogP contribution is 2.17. The molecule has 1 fully saturated rings. The molecule has 0 aliphatic carbocycles. The topological polar surface area (TPSA) is 108 Å². The summed E-state index contributed by atoms with van der Waals surface area (Å²) in [6.07, 6.45) is 2.01. The minimum absolute atomic E-state index is 0.176. The maximum atomic E-state index is 12.5. The van der Waals surface area contributed by atoms with Gasteiger partial charge in [-0.05, 0) is 12.1 Å². The highest BCUT2D eigenvalue weighted by atomic mass is 32.2. The van der Waals surface area contributed by atoms with Crippen LogP contribution in [0, 0.1) is 11.3 Å². The van der Waals surface area contributed by atoms with Crippen molar-refractivity contribution in [2.75, 3.05) is 32.8 Å². The van der Waals surface area contributed by atoms with Crippen molar-refractivity contribution in [1.29, 1.82) is 5.26 Å². The molecule has 1 aromatic rings. The summed E-state index contributed by atoms with van der Waals surface area (Å²) >= 11 is 0. The van der Waals surface area contributed by atoms with Gasteiger partial charge in [-0.3, -0.25) is 4.79 Å². The van der Waals surface area contributed by atoms with Crippen molar-refractivity contribution in [1.82, 2.24) is 9.21 Å². The van der Waals surface area contributed by atoms with Crippen LogP contribution < -0.4 is 0 Å². The summed E-state index contributed by atoms with van der Waals surface area (Å²) in [5.74, 6) is -1.19. The van der Waals surface area contributed by atoms with Gasteiger partial charge in [0.25, 0.3) is 0 Å². The van der Waals surface area contributed by atoms with Crippen molar-refractivity contribution in [2.24, 2.45) is 0 Å². The molecule has 25 heavy (non-hydrogen) atoms. The molecule has 0 atom stereocenters. The van der Waals surface area contributed by atoms with E-state index in [1.54, 1.807) is 24.3 Å². The largest absolute Gasteiger partial charge is 0.447 e. The van der Waals surface area contributed by atoms with Crippen LogP contribution in [0.3, 0.4) is 0 Å². The normalized spacial score (nSPS) is 15.7. The van der Waals surface area contributed by atoms with Gasteiger partial charge in [-0.25, -0.2) is 13.2 Å². The molecule has 0 unspecified atom stereocenters. The number of rotatable bonds is 5. The van der Waals surface area contributed by atoms with Crippen LogP contribution in [0.4, 0.5) is 0 Å². The first-order valence-electron chi connectivity index (χ1n) is 7.51. The second kappa shape index (κ2) is 8.41. The van der Waals surface area contributed by atoms with E-state index >= 15 is 0 Å². The fourth-order valence-electron chi connectivity index (χ4n) is 2.29. The number of benzene rings is 1. The second-order valence-corrected chi connectivity index (χ2v) is 7.08. The molecule has 132 valence electrons. The Bertz CT molecular complexity index is 791. The molecule has 1 heterocycles. The third-order valence-electron chi connectivity index (χ3n) is 3.57. The van der Waals surface area contributed by atoms with Crippen LogP contribution in [0.15, 0.2) is 47.4 Å². The average Bonchev–Trinajstić information content (AvgIpc) is 2.65. The van der Waals surface area contributed by atoms with Gasteiger partial charge in [0.05, 0.1) is 4.90 Å². The van der Waals surface area contributed by atoms with Crippen LogP contribution in [-0.2, 0) is 24.3 Å². The summed E-state index contributed by atoms with van der Waals surface area (Å²) in [4.78, 5) is 24.9. The number of ether oxygens (including phenoxy) is 1. The van der Waals surface area contributed by atoms with Crippen LogP contribution >= 0.6 is 0 Å². The molecule has 9 heteroatoms. The lowest BCUT2D eigenvalue weighted by atomic mass is 10.3. The average molecular weight is 363 g/mol. The molecule has 1 saturated heterocycles. The maximum Gasteiger partial charge on any atom is 0.331 e. The molecule has 0 saturated carbocycles. The number of hydrogen-bond acceptors (Lipinski definition) is 6. The Balaban J connectivity index is 1.91. The highest BCUT2D eigenvalue weighted by molar-refractivity contribution is 7.89. The van der Waals surface area contributed by atoms with E-state index in [-0.39, 0.29) is 37.7 Å². The van der Waals surface area contributed by atoms with Crippen LogP contribution in [0.2, 0.25) is 0 Å². The Morgan fingerprint density at radius 2 is 1.76 bits per heavy atom. The number of sulfonamides is 1. The Hall–Kier alpha value is -2.70. The number of nitriles is 1. The Morgan fingerprint density at radius 1 is 1.12 bits per heavy atom. The molecule has 2 rings (SSSR count). The van der Waals surface area contributed by atoms with Crippen LogP contribution in [0.5, 0.6) is 0 Å². The maximum absolute atomic E-state index is 12.5. The highest BCUT2D eigenvalue weighted by Gasteiger charge is 2.29. The van der Waals surface area contributed by atoms with E-state index in [2.05, 4.69) is 4.74 Å². The fourth-order valence-corrected chi connectivity index (χ4v) is 3.73. The molecule has 0 N–H and O–H groups in total. The summed E-state index contributed by atoms with van der Waals surface area (Å²) in [6, 6.07) is 9.76. The Labute approximate surface area is 145 Å². The third kappa shape index (κ3) is 4.89. The molecule has 0 radical (unpaired) electrons. The summed E-state index contributed by atoms with van der Waals surface area (Å²) in [7, 11) is -3.57. The van der Waals surface area contributed by atoms with E-state index in [0.29, 0.717) is 0 Å². The van der Waals surface area contributed by atoms with E-state index < -0.39 is 21.9 Å². The predicted octanol–water partition coefficient (Wildman–Crippen LogP) is 0.142. The van der Waals surface area contributed by atoms with Crippen LogP contribution in [0.1, 0.15) is 0 Å². The van der Waals surface area contributed by atoms with Gasteiger partial charge >= 0.3 is 5.97 Å². The van der Waals surface area contributed by atoms with Crippen molar-refractivity contribution >= 4 is 21.9 Å². The van der Waals surface area contributed by atoms with Gasteiger partial charge in [0, 0.05) is 38.3 Å². The summed E-state index contributed by atoms with van der Waals surface area (Å²) in [5, 5.41) is 8.29. The van der Waals surface area contributed by atoms with E-state index in [1.807, 2.05) is 0 Å². The fraction of sp³-hybridized carbons (Fsp3) is 0.312. The zero-order valence-electron chi connectivity index (χ0n) is 13.4. The van der Waals surface area contributed by atoms with Crippen molar-refractivity contribution in [3.05, 3.63) is 42.5 Å². The van der Waals surface area contributed by atoms with E-state index in [9.17, 15) is 18.0 Å². The number of esters is 1. The summed E-state index contributed by atoms with van der Waals surface area (Å²) in [6.45, 7) is 0.420. The lowest BCUT2D eigenvalue weighted by Crippen LogP contribution is -2.50. The molecule has 0 bridgehead atoms. The zero-order chi connectivity index (χ0) is 18.3. The van der Waals surface area contributed by atoms with Gasteiger partial charge in [-0.2, -0.15) is 9.57 Å². The number of amides is 1. The smallest absolute Gasteiger partial charge is 0.331 e. The van der Waals surface area contributed by atoms with Crippen molar-refractivity contribution in [2.45, 2.75) is 4.90 Å². The Morgan fingerprint density at radius 3 is 2.36 bits per heavy atom. The molecule has 1 aliphatic rings.